The molecule has 0 aliphatic rings. The highest BCUT2D eigenvalue weighted by Crippen LogP contribution is 2.33. The number of aromatic nitrogens is 2. The number of fused-ring (bicyclic) bond motifs is 1. The molecule has 92 valence electrons. The van der Waals surface area contributed by atoms with Crippen LogP contribution >= 0.6 is 22.7 Å². The van der Waals surface area contributed by atoms with E-state index >= 15 is 0 Å². The second kappa shape index (κ2) is 4.22. The van der Waals surface area contributed by atoms with E-state index in [0.717, 1.165) is 10.7 Å². The van der Waals surface area contributed by atoms with E-state index in [0.29, 0.717) is 5.69 Å². The topological polar surface area (TPSA) is 54.6 Å². The van der Waals surface area contributed by atoms with E-state index in [1.165, 1.54) is 9.75 Å². The maximum absolute atomic E-state index is 10.7. The molecule has 3 rings (SSSR count). The summed E-state index contributed by atoms with van der Waals surface area (Å²) in [5, 5.41) is 10.8. The second-order valence-electron chi connectivity index (χ2n) is 3.94. The molecule has 0 spiro atoms. The monoisotopic (exact) mass is 278 g/mol. The van der Waals surface area contributed by atoms with E-state index in [-0.39, 0.29) is 6.42 Å². The number of hydrogen-bond donors (Lipinski definition) is 1. The smallest absolute Gasteiger partial charge is 0.309 e. The number of thiophene rings is 1. The van der Waals surface area contributed by atoms with Crippen molar-refractivity contribution < 1.29 is 9.90 Å². The zero-order valence-electron chi connectivity index (χ0n) is 9.58. The van der Waals surface area contributed by atoms with Crippen molar-refractivity contribution in [1.29, 1.82) is 0 Å². The van der Waals surface area contributed by atoms with Gasteiger partial charge < -0.3 is 5.11 Å². The molecule has 0 aromatic carbocycles. The predicted octanol–water partition coefficient (Wildman–Crippen LogP) is 3.06. The maximum Gasteiger partial charge on any atom is 0.309 e. The number of carbonyl (C=O) groups is 1. The summed E-state index contributed by atoms with van der Waals surface area (Å²) >= 11 is 3.27. The number of carboxylic acid groups (broad SMARTS) is 1. The number of thiazole rings is 1. The second-order valence-corrected chi connectivity index (χ2v) is 6.07. The first-order chi connectivity index (χ1) is 8.65. The number of nitrogens with zero attached hydrogens (tertiary/aromatic N) is 2. The van der Waals surface area contributed by atoms with Gasteiger partial charge in [-0.3, -0.25) is 9.20 Å². The molecular weight excluding hydrogens is 268 g/mol. The van der Waals surface area contributed by atoms with Gasteiger partial charge in [-0.05, 0) is 18.4 Å². The van der Waals surface area contributed by atoms with E-state index in [4.69, 9.17) is 5.11 Å². The molecule has 0 aliphatic carbocycles. The molecule has 3 aromatic rings. The molecule has 4 nitrogen and oxygen atoms in total. The molecular formula is C12H10N2O2S2. The van der Waals surface area contributed by atoms with Crippen LogP contribution in [0.5, 0.6) is 0 Å². The van der Waals surface area contributed by atoms with Gasteiger partial charge in [0.25, 0.3) is 0 Å². The van der Waals surface area contributed by atoms with E-state index in [1.807, 2.05) is 22.0 Å². The molecule has 3 aromatic heterocycles. The highest BCUT2D eigenvalue weighted by Gasteiger charge is 2.15. The summed E-state index contributed by atoms with van der Waals surface area (Å²) < 4.78 is 1.99. The lowest BCUT2D eigenvalue weighted by molar-refractivity contribution is -0.136. The fourth-order valence-corrected chi connectivity index (χ4v) is 3.82. The fourth-order valence-electron chi connectivity index (χ4n) is 1.94. The van der Waals surface area contributed by atoms with E-state index in [2.05, 4.69) is 18.0 Å². The van der Waals surface area contributed by atoms with Crippen molar-refractivity contribution >= 4 is 33.6 Å². The maximum atomic E-state index is 10.7. The number of imidazole rings is 1. The Kier molecular flexibility index (Phi) is 2.68. The minimum atomic E-state index is -0.852. The van der Waals surface area contributed by atoms with Crippen molar-refractivity contribution in [3.8, 4) is 10.6 Å². The first-order valence-electron chi connectivity index (χ1n) is 5.38. The number of aliphatic carboxylic acids is 1. The Bertz CT molecular complexity index is 710. The van der Waals surface area contributed by atoms with Gasteiger partial charge >= 0.3 is 5.97 Å². The third-order valence-electron chi connectivity index (χ3n) is 2.63. The van der Waals surface area contributed by atoms with Crippen molar-refractivity contribution in [3.63, 3.8) is 0 Å². The minimum Gasteiger partial charge on any atom is -0.481 e. The van der Waals surface area contributed by atoms with Gasteiger partial charge in [-0.15, -0.1) is 22.7 Å². The van der Waals surface area contributed by atoms with Crippen LogP contribution in [0.3, 0.4) is 0 Å². The molecule has 0 saturated carbocycles. The number of rotatable bonds is 3. The molecule has 0 saturated heterocycles. The molecule has 0 fully saturated rings. The van der Waals surface area contributed by atoms with Crippen molar-refractivity contribution in [2.45, 2.75) is 13.3 Å². The Morgan fingerprint density at radius 3 is 3.06 bits per heavy atom. The molecule has 0 atom stereocenters. The lowest BCUT2D eigenvalue weighted by Crippen LogP contribution is -1.99. The fraction of sp³-hybridized carbons (Fsp3) is 0.167. The quantitative estimate of drug-likeness (QED) is 0.801. The molecule has 0 radical (unpaired) electrons. The van der Waals surface area contributed by atoms with Crippen LogP contribution in [-0.4, -0.2) is 20.5 Å². The lowest BCUT2D eigenvalue weighted by Gasteiger charge is -1.96. The van der Waals surface area contributed by atoms with Crippen LogP contribution in [-0.2, 0) is 11.2 Å². The summed E-state index contributed by atoms with van der Waals surface area (Å²) in [6.45, 7) is 2.06. The summed E-state index contributed by atoms with van der Waals surface area (Å²) in [7, 11) is 0. The van der Waals surface area contributed by atoms with Crippen LogP contribution in [0.4, 0.5) is 0 Å². The van der Waals surface area contributed by atoms with Gasteiger partial charge in [-0.2, -0.15) is 0 Å². The van der Waals surface area contributed by atoms with Gasteiger partial charge in [-0.25, -0.2) is 4.98 Å². The SMILES string of the molecule is Cc1sc2nc(CC(=O)O)cn2c1-c1cccs1. The van der Waals surface area contributed by atoms with E-state index in [1.54, 1.807) is 22.7 Å². The molecule has 6 heteroatoms. The van der Waals surface area contributed by atoms with E-state index in [9.17, 15) is 4.79 Å². The Labute approximate surface area is 111 Å². The molecule has 3 heterocycles. The zero-order valence-corrected chi connectivity index (χ0v) is 11.2. The largest absolute Gasteiger partial charge is 0.481 e. The first kappa shape index (κ1) is 11.4. The summed E-state index contributed by atoms with van der Waals surface area (Å²) in [4.78, 5) is 18.3. The summed E-state index contributed by atoms with van der Waals surface area (Å²) in [5.74, 6) is -0.852. The molecule has 1 N–H and O–H groups in total. The number of aryl methyl sites for hydroxylation is 1. The third-order valence-corrected chi connectivity index (χ3v) is 4.48. The van der Waals surface area contributed by atoms with Crippen LogP contribution in [0, 0.1) is 6.92 Å². The molecule has 0 aliphatic heterocycles. The molecule has 18 heavy (non-hydrogen) atoms. The third kappa shape index (κ3) is 1.83. The van der Waals surface area contributed by atoms with Crippen LogP contribution in [0.1, 0.15) is 10.6 Å². The minimum absolute atomic E-state index is 0.0304. The Balaban J connectivity index is 2.16. The van der Waals surface area contributed by atoms with E-state index < -0.39 is 5.97 Å². The molecule has 0 amide bonds. The average molecular weight is 278 g/mol. The van der Waals surface area contributed by atoms with Crippen molar-refractivity contribution in [2.24, 2.45) is 0 Å². The highest BCUT2D eigenvalue weighted by atomic mass is 32.1. The first-order valence-corrected chi connectivity index (χ1v) is 7.08. The van der Waals surface area contributed by atoms with Crippen LogP contribution < -0.4 is 0 Å². The number of carboxylic acids is 1. The average Bonchev–Trinajstić information content (AvgIpc) is 2.92. The van der Waals surface area contributed by atoms with Gasteiger partial charge in [0.2, 0.25) is 0 Å². The van der Waals surface area contributed by atoms with Crippen molar-refractivity contribution in [1.82, 2.24) is 9.38 Å². The Morgan fingerprint density at radius 2 is 2.39 bits per heavy atom. The van der Waals surface area contributed by atoms with Crippen LogP contribution in [0.2, 0.25) is 0 Å². The zero-order chi connectivity index (χ0) is 12.7. The predicted molar refractivity (Wildman–Crippen MR) is 72.5 cm³/mol. The van der Waals surface area contributed by atoms with Crippen molar-refractivity contribution in [3.05, 3.63) is 34.3 Å². The molecule has 0 unspecified atom stereocenters. The number of hydrogen-bond acceptors (Lipinski definition) is 4. The lowest BCUT2D eigenvalue weighted by atomic mass is 10.3. The summed E-state index contributed by atoms with van der Waals surface area (Å²) in [6.07, 6.45) is 1.79. The van der Waals surface area contributed by atoms with Crippen LogP contribution in [0.15, 0.2) is 23.7 Å². The molecule has 0 bridgehead atoms. The van der Waals surface area contributed by atoms with Crippen LogP contribution in [0.25, 0.3) is 15.5 Å². The summed E-state index contributed by atoms with van der Waals surface area (Å²) in [5.41, 5.74) is 1.72. The standard InChI is InChI=1S/C12H10N2O2S2/c1-7-11(9-3-2-4-17-9)14-6-8(5-10(15)16)13-12(14)18-7/h2-4,6H,5H2,1H3,(H,15,16). The summed E-state index contributed by atoms with van der Waals surface area (Å²) in [6, 6.07) is 4.08. The van der Waals surface area contributed by atoms with Gasteiger partial charge in [0.05, 0.1) is 22.7 Å². The Hall–Kier alpha value is -1.66. The Morgan fingerprint density at radius 1 is 1.56 bits per heavy atom. The van der Waals surface area contributed by atoms with Crippen molar-refractivity contribution in [2.75, 3.05) is 0 Å². The van der Waals surface area contributed by atoms with Gasteiger partial charge in [-0.1, -0.05) is 6.07 Å². The van der Waals surface area contributed by atoms with Gasteiger partial charge in [0, 0.05) is 11.1 Å². The highest BCUT2D eigenvalue weighted by molar-refractivity contribution is 7.18. The normalized spacial score (nSPS) is 11.2. The van der Waals surface area contributed by atoms with Gasteiger partial charge in [0.15, 0.2) is 4.96 Å². The van der Waals surface area contributed by atoms with Gasteiger partial charge in [0.1, 0.15) is 0 Å².